The van der Waals surface area contributed by atoms with E-state index in [-0.39, 0.29) is 0 Å². The third-order valence-electron chi connectivity index (χ3n) is 4.20. The maximum Gasteiger partial charge on any atom is 0.0270 e. The minimum atomic E-state index is 1.29. The molecule has 106 valence electrons. The highest BCUT2D eigenvalue weighted by molar-refractivity contribution is 7.10. The van der Waals surface area contributed by atoms with Gasteiger partial charge in [0.25, 0.3) is 0 Å². The van der Waals surface area contributed by atoms with Crippen molar-refractivity contribution in [2.75, 3.05) is 0 Å². The maximum atomic E-state index is 2.26. The van der Waals surface area contributed by atoms with Crippen LogP contribution < -0.4 is 0 Å². The fourth-order valence-corrected chi connectivity index (χ4v) is 3.73. The van der Waals surface area contributed by atoms with Crippen molar-refractivity contribution in [2.24, 2.45) is 0 Å². The minimum Gasteiger partial charge on any atom is -0.144 e. The first-order chi connectivity index (χ1) is 10.8. The summed E-state index contributed by atoms with van der Waals surface area (Å²) in [6, 6.07) is 21.6. The molecule has 22 heavy (non-hydrogen) atoms. The summed E-state index contributed by atoms with van der Waals surface area (Å²) >= 11 is 1.77. The van der Waals surface area contributed by atoms with E-state index in [2.05, 4.69) is 85.1 Å². The van der Waals surface area contributed by atoms with E-state index in [0.717, 1.165) is 0 Å². The van der Waals surface area contributed by atoms with Crippen LogP contribution in [-0.2, 0) is 0 Å². The van der Waals surface area contributed by atoms with E-state index in [0.29, 0.717) is 0 Å². The molecule has 0 saturated heterocycles. The standard InChI is InChI=1S/C21H16S/c1-15-17-8-2-4-10-19(17)21(13-12-16-7-6-14-22-16)20-11-5-3-9-18(15)20/h2-14H,1H3. The summed E-state index contributed by atoms with van der Waals surface area (Å²) in [6.07, 6.45) is 4.48. The molecular formula is C21H16S. The van der Waals surface area contributed by atoms with Crippen molar-refractivity contribution in [1.82, 2.24) is 0 Å². The van der Waals surface area contributed by atoms with Crippen molar-refractivity contribution >= 4 is 45.0 Å². The quantitative estimate of drug-likeness (QED) is 0.369. The Morgan fingerprint density at radius 3 is 1.82 bits per heavy atom. The minimum absolute atomic E-state index is 1.29. The smallest absolute Gasteiger partial charge is 0.0270 e. The van der Waals surface area contributed by atoms with E-state index in [1.807, 2.05) is 0 Å². The lowest BCUT2D eigenvalue weighted by atomic mass is 9.92. The van der Waals surface area contributed by atoms with Gasteiger partial charge in [-0.1, -0.05) is 60.7 Å². The van der Waals surface area contributed by atoms with Crippen LogP contribution in [0.4, 0.5) is 0 Å². The molecule has 4 rings (SSSR count). The normalized spacial score (nSPS) is 11.7. The van der Waals surface area contributed by atoms with Gasteiger partial charge in [0.05, 0.1) is 0 Å². The number of benzene rings is 3. The molecule has 0 bridgehead atoms. The average Bonchev–Trinajstić information content (AvgIpc) is 3.08. The van der Waals surface area contributed by atoms with Gasteiger partial charge in [-0.25, -0.2) is 0 Å². The molecule has 0 unspecified atom stereocenters. The lowest BCUT2D eigenvalue weighted by Gasteiger charge is -2.12. The van der Waals surface area contributed by atoms with Crippen molar-refractivity contribution in [1.29, 1.82) is 0 Å². The lowest BCUT2D eigenvalue weighted by molar-refractivity contribution is 1.58. The van der Waals surface area contributed by atoms with Gasteiger partial charge in [-0.05, 0) is 57.1 Å². The van der Waals surface area contributed by atoms with Crippen LogP contribution in [0.3, 0.4) is 0 Å². The van der Waals surface area contributed by atoms with Crippen LogP contribution in [0.5, 0.6) is 0 Å². The maximum absolute atomic E-state index is 2.26. The van der Waals surface area contributed by atoms with Gasteiger partial charge in [0, 0.05) is 4.88 Å². The predicted molar refractivity (Wildman–Crippen MR) is 99.4 cm³/mol. The summed E-state index contributed by atoms with van der Waals surface area (Å²) in [7, 11) is 0. The molecule has 0 aliphatic carbocycles. The molecular weight excluding hydrogens is 284 g/mol. The number of hydrogen-bond acceptors (Lipinski definition) is 1. The summed E-state index contributed by atoms with van der Waals surface area (Å²) in [5.74, 6) is 0. The van der Waals surface area contributed by atoms with Gasteiger partial charge in [-0.15, -0.1) is 11.3 Å². The molecule has 0 amide bonds. The zero-order chi connectivity index (χ0) is 14.9. The Hall–Kier alpha value is -2.38. The third-order valence-corrected chi connectivity index (χ3v) is 5.04. The van der Waals surface area contributed by atoms with Gasteiger partial charge < -0.3 is 0 Å². The average molecular weight is 300 g/mol. The first kappa shape index (κ1) is 13.3. The van der Waals surface area contributed by atoms with Crippen molar-refractivity contribution in [3.05, 3.63) is 82.0 Å². The zero-order valence-electron chi connectivity index (χ0n) is 12.4. The molecule has 0 saturated carbocycles. The van der Waals surface area contributed by atoms with E-state index in [1.165, 1.54) is 37.5 Å². The molecule has 0 N–H and O–H groups in total. The number of thiophene rings is 1. The molecule has 0 aliphatic rings. The topological polar surface area (TPSA) is 0 Å². The fourth-order valence-electron chi connectivity index (χ4n) is 3.11. The fraction of sp³-hybridized carbons (Fsp3) is 0.0476. The molecule has 0 atom stereocenters. The van der Waals surface area contributed by atoms with Gasteiger partial charge >= 0.3 is 0 Å². The first-order valence-electron chi connectivity index (χ1n) is 7.46. The summed E-state index contributed by atoms with van der Waals surface area (Å²) < 4.78 is 0. The van der Waals surface area contributed by atoms with E-state index in [4.69, 9.17) is 0 Å². The number of hydrogen-bond donors (Lipinski definition) is 0. The monoisotopic (exact) mass is 300 g/mol. The van der Waals surface area contributed by atoms with Crippen LogP contribution in [0.25, 0.3) is 33.7 Å². The third kappa shape index (κ3) is 2.15. The second kappa shape index (κ2) is 5.43. The van der Waals surface area contributed by atoms with Crippen molar-refractivity contribution in [2.45, 2.75) is 6.92 Å². The summed E-state index contributed by atoms with van der Waals surface area (Å²) in [5.41, 5.74) is 2.67. The second-order valence-electron chi connectivity index (χ2n) is 5.48. The van der Waals surface area contributed by atoms with Gasteiger partial charge in [-0.2, -0.15) is 0 Å². The van der Waals surface area contributed by atoms with Crippen LogP contribution in [0, 0.1) is 6.92 Å². The molecule has 4 aromatic rings. The molecule has 0 radical (unpaired) electrons. The molecule has 0 nitrogen and oxygen atoms in total. The van der Waals surface area contributed by atoms with Crippen molar-refractivity contribution in [3.8, 4) is 0 Å². The largest absolute Gasteiger partial charge is 0.144 e. The highest BCUT2D eigenvalue weighted by atomic mass is 32.1. The van der Waals surface area contributed by atoms with Crippen molar-refractivity contribution < 1.29 is 0 Å². The zero-order valence-corrected chi connectivity index (χ0v) is 13.2. The second-order valence-corrected chi connectivity index (χ2v) is 6.46. The molecule has 3 aromatic carbocycles. The summed E-state index contributed by atoms with van der Waals surface area (Å²) in [4.78, 5) is 1.29. The highest BCUT2D eigenvalue weighted by Crippen LogP contribution is 2.33. The summed E-state index contributed by atoms with van der Waals surface area (Å²) in [5, 5.41) is 7.45. The van der Waals surface area contributed by atoms with E-state index < -0.39 is 0 Å². The number of aryl methyl sites for hydroxylation is 1. The Kier molecular flexibility index (Phi) is 3.28. The van der Waals surface area contributed by atoms with Crippen LogP contribution in [-0.4, -0.2) is 0 Å². The van der Waals surface area contributed by atoms with Crippen LogP contribution >= 0.6 is 11.3 Å². The molecule has 0 aliphatic heterocycles. The van der Waals surface area contributed by atoms with Crippen molar-refractivity contribution in [3.63, 3.8) is 0 Å². The first-order valence-corrected chi connectivity index (χ1v) is 8.34. The SMILES string of the molecule is Cc1c2ccccc2c(C=Cc2cccs2)c2ccccc12. The molecule has 1 heterocycles. The Morgan fingerprint density at radius 2 is 1.27 bits per heavy atom. The van der Waals surface area contributed by atoms with Crippen LogP contribution in [0.15, 0.2) is 66.0 Å². The van der Waals surface area contributed by atoms with Gasteiger partial charge in [0.1, 0.15) is 0 Å². The Labute approximate surface area is 134 Å². The molecule has 0 spiro atoms. The van der Waals surface area contributed by atoms with E-state index in [9.17, 15) is 0 Å². The highest BCUT2D eigenvalue weighted by Gasteiger charge is 2.08. The summed E-state index contributed by atoms with van der Waals surface area (Å²) in [6.45, 7) is 2.22. The molecule has 1 aromatic heterocycles. The van der Waals surface area contributed by atoms with Crippen LogP contribution in [0.1, 0.15) is 16.0 Å². The predicted octanol–water partition coefficient (Wildman–Crippen LogP) is 6.53. The lowest BCUT2D eigenvalue weighted by Crippen LogP contribution is -1.87. The van der Waals surface area contributed by atoms with E-state index in [1.54, 1.807) is 11.3 Å². The van der Waals surface area contributed by atoms with E-state index >= 15 is 0 Å². The molecule has 0 fully saturated rings. The Morgan fingerprint density at radius 1 is 0.682 bits per heavy atom. The van der Waals surface area contributed by atoms with Gasteiger partial charge in [0.2, 0.25) is 0 Å². The Balaban J connectivity index is 2.07. The molecule has 1 heteroatoms. The van der Waals surface area contributed by atoms with Gasteiger partial charge in [0.15, 0.2) is 0 Å². The van der Waals surface area contributed by atoms with Crippen LogP contribution in [0.2, 0.25) is 0 Å². The number of rotatable bonds is 2. The Bertz CT molecular complexity index is 919. The number of fused-ring (bicyclic) bond motifs is 2. The van der Waals surface area contributed by atoms with Gasteiger partial charge in [-0.3, -0.25) is 0 Å².